The van der Waals surface area contributed by atoms with Crippen LogP contribution in [0.5, 0.6) is 0 Å². The van der Waals surface area contributed by atoms with Crippen LogP contribution in [0, 0.1) is 12.8 Å². The molecule has 2 aromatic heterocycles. The van der Waals surface area contributed by atoms with Crippen molar-refractivity contribution in [2.75, 3.05) is 18.0 Å². The summed E-state index contributed by atoms with van der Waals surface area (Å²) in [5.74, 6) is 1.14. The highest BCUT2D eigenvalue weighted by atomic mass is 35.5. The lowest BCUT2D eigenvalue weighted by Gasteiger charge is -2.33. The van der Waals surface area contributed by atoms with Gasteiger partial charge in [-0.3, -0.25) is 4.79 Å². The van der Waals surface area contributed by atoms with Crippen LogP contribution < -0.4 is 10.2 Å². The molecule has 0 aliphatic carbocycles. The van der Waals surface area contributed by atoms with Crippen molar-refractivity contribution in [3.8, 4) is 11.3 Å². The van der Waals surface area contributed by atoms with Gasteiger partial charge in [-0.1, -0.05) is 54.1 Å². The third kappa shape index (κ3) is 4.71. The summed E-state index contributed by atoms with van der Waals surface area (Å²) in [6, 6.07) is 21.8. The van der Waals surface area contributed by atoms with Crippen LogP contribution in [0.4, 0.5) is 5.82 Å². The van der Waals surface area contributed by atoms with Crippen LogP contribution in [-0.2, 0) is 11.3 Å². The van der Waals surface area contributed by atoms with Crippen LogP contribution in [0.2, 0.25) is 5.02 Å². The summed E-state index contributed by atoms with van der Waals surface area (Å²) in [7, 11) is 0. The maximum absolute atomic E-state index is 12.7. The van der Waals surface area contributed by atoms with Gasteiger partial charge in [0.25, 0.3) is 0 Å². The lowest BCUT2D eigenvalue weighted by atomic mass is 9.95. The van der Waals surface area contributed by atoms with E-state index in [1.165, 1.54) is 0 Å². The third-order valence-corrected chi connectivity index (χ3v) is 6.39. The standard InChI is InChI=1S/C26H26ClN5O/c1-18-14-25(32-24(29-18)16-23(30-32)20-7-3-2-4-8-20)31-12-10-21(11-13-31)26(33)28-17-19-6-5-9-22(27)15-19/h2-9,14-16,21H,10-13,17H2,1H3,(H,28,33). The Morgan fingerprint density at radius 3 is 2.61 bits per heavy atom. The van der Waals surface area contributed by atoms with Gasteiger partial charge < -0.3 is 10.2 Å². The van der Waals surface area contributed by atoms with Crippen LogP contribution in [0.1, 0.15) is 24.1 Å². The number of nitrogens with one attached hydrogen (secondary N) is 1. The summed E-state index contributed by atoms with van der Waals surface area (Å²) in [6.45, 7) is 4.11. The quantitative estimate of drug-likeness (QED) is 0.461. The zero-order valence-corrected chi connectivity index (χ0v) is 19.3. The van der Waals surface area contributed by atoms with Gasteiger partial charge in [0.2, 0.25) is 5.91 Å². The number of aryl methyl sites for hydroxylation is 1. The van der Waals surface area contributed by atoms with Gasteiger partial charge >= 0.3 is 0 Å². The number of carbonyl (C=O) groups excluding carboxylic acids is 1. The zero-order valence-electron chi connectivity index (χ0n) is 18.5. The zero-order chi connectivity index (χ0) is 22.8. The van der Waals surface area contributed by atoms with Gasteiger partial charge in [-0.25, -0.2) is 4.98 Å². The first-order chi connectivity index (χ1) is 16.1. The van der Waals surface area contributed by atoms with Gasteiger partial charge in [-0.2, -0.15) is 9.61 Å². The second-order valence-electron chi connectivity index (χ2n) is 8.53. The Morgan fingerprint density at radius 1 is 1.06 bits per heavy atom. The van der Waals surface area contributed by atoms with E-state index in [9.17, 15) is 4.79 Å². The smallest absolute Gasteiger partial charge is 0.223 e. The predicted octanol–water partition coefficient (Wildman–Crippen LogP) is 4.89. The summed E-state index contributed by atoms with van der Waals surface area (Å²) in [4.78, 5) is 19.7. The van der Waals surface area contributed by atoms with Crippen molar-refractivity contribution in [1.29, 1.82) is 0 Å². The molecule has 0 spiro atoms. The Morgan fingerprint density at radius 2 is 1.85 bits per heavy atom. The van der Waals surface area contributed by atoms with E-state index in [1.54, 1.807) is 0 Å². The summed E-state index contributed by atoms with van der Waals surface area (Å²) in [5.41, 5.74) is 4.78. The van der Waals surface area contributed by atoms with Crippen molar-refractivity contribution >= 4 is 29.0 Å². The Bertz CT molecular complexity index is 1280. The molecule has 0 radical (unpaired) electrons. The molecule has 33 heavy (non-hydrogen) atoms. The Kier molecular flexibility index (Phi) is 6.01. The second kappa shape index (κ2) is 9.24. The number of piperidine rings is 1. The van der Waals surface area contributed by atoms with Crippen molar-refractivity contribution < 1.29 is 4.79 Å². The molecular formula is C26H26ClN5O. The molecule has 3 heterocycles. The van der Waals surface area contributed by atoms with E-state index in [4.69, 9.17) is 16.7 Å². The minimum Gasteiger partial charge on any atom is -0.356 e. The summed E-state index contributed by atoms with van der Waals surface area (Å²) < 4.78 is 1.93. The largest absolute Gasteiger partial charge is 0.356 e. The highest BCUT2D eigenvalue weighted by molar-refractivity contribution is 6.30. The third-order valence-electron chi connectivity index (χ3n) is 6.15. The van der Waals surface area contributed by atoms with E-state index in [0.717, 1.165) is 59.9 Å². The molecule has 1 N–H and O–H groups in total. The molecule has 0 bridgehead atoms. The van der Waals surface area contributed by atoms with Crippen molar-refractivity contribution in [1.82, 2.24) is 19.9 Å². The fourth-order valence-corrected chi connectivity index (χ4v) is 4.62. The molecule has 1 saturated heterocycles. The number of hydrogen-bond acceptors (Lipinski definition) is 4. The monoisotopic (exact) mass is 459 g/mol. The SMILES string of the molecule is Cc1cc(N2CCC(C(=O)NCc3cccc(Cl)c3)CC2)n2nc(-c3ccccc3)cc2n1. The normalized spacial score (nSPS) is 14.5. The van der Waals surface area contributed by atoms with E-state index in [1.807, 2.05) is 60.0 Å². The van der Waals surface area contributed by atoms with Crippen molar-refractivity contribution in [2.45, 2.75) is 26.3 Å². The van der Waals surface area contributed by atoms with Crippen molar-refractivity contribution in [3.63, 3.8) is 0 Å². The molecule has 1 fully saturated rings. The van der Waals surface area contributed by atoms with Crippen LogP contribution in [0.3, 0.4) is 0 Å². The number of carbonyl (C=O) groups is 1. The number of rotatable bonds is 5. The van der Waals surface area contributed by atoms with Gasteiger partial charge in [0, 0.05) is 54.0 Å². The number of nitrogens with zero attached hydrogens (tertiary/aromatic N) is 4. The van der Waals surface area contributed by atoms with Gasteiger partial charge in [0.05, 0.1) is 5.69 Å². The Hall–Kier alpha value is -3.38. The molecule has 168 valence electrons. The van der Waals surface area contributed by atoms with Crippen LogP contribution in [-0.4, -0.2) is 33.6 Å². The Labute approximate surface area is 198 Å². The van der Waals surface area contributed by atoms with Gasteiger partial charge in [0.15, 0.2) is 5.65 Å². The number of amides is 1. The van der Waals surface area contributed by atoms with Crippen molar-refractivity contribution in [2.24, 2.45) is 5.92 Å². The fourth-order valence-electron chi connectivity index (χ4n) is 4.41. The highest BCUT2D eigenvalue weighted by Crippen LogP contribution is 2.27. The molecule has 0 unspecified atom stereocenters. The number of anilines is 1. The number of aromatic nitrogens is 3. The van der Waals surface area contributed by atoms with Gasteiger partial charge in [-0.15, -0.1) is 0 Å². The molecule has 1 aliphatic rings. The molecule has 7 heteroatoms. The molecule has 0 atom stereocenters. The lowest BCUT2D eigenvalue weighted by molar-refractivity contribution is -0.125. The Balaban J connectivity index is 1.28. The first kappa shape index (κ1) is 21.5. The molecular weight excluding hydrogens is 434 g/mol. The molecule has 6 nitrogen and oxygen atoms in total. The summed E-state index contributed by atoms with van der Waals surface area (Å²) in [5, 5.41) is 8.60. The fraction of sp³-hybridized carbons (Fsp3) is 0.269. The van der Waals surface area contributed by atoms with E-state index < -0.39 is 0 Å². The topological polar surface area (TPSA) is 62.5 Å². The molecule has 4 aromatic rings. The summed E-state index contributed by atoms with van der Waals surface area (Å²) >= 11 is 6.04. The van der Waals surface area contributed by atoms with Gasteiger partial charge in [-0.05, 0) is 37.5 Å². The minimum absolute atomic E-state index is 0.0105. The van der Waals surface area contributed by atoms with E-state index in [-0.39, 0.29) is 11.8 Å². The second-order valence-corrected chi connectivity index (χ2v) is 8.97. The van der Waals surface area contributed by atoms with E-state index in [0.29, 0.717) is 11.6 Å². The number of halogens is 1. The molecule has 1 aliphatic heterocycles. The highest BCUT2D eigenvalue weighted by Gasteiger charge is 2.26. The van der Waals surface area contributed by atoms with Crippen molar-refractivity contribution in [3.05, 3.63) is 83.0 Å². The molecule has 2 aromatic carbocycles. The first-order valence-electron chi connectivity index (χ1n) is 11.3. The van der Waals surface area contributed by atoms with Crippen LogP contribution in [0.15, 0.2) is 66.7 Å². The number of fused-ring (bicyclic) bond motifs is 1. The van der Waals surface area contributed by atoms with Crippen LogP contribution in [0.25, 0.3) is 16.9 Å². The molecule has 0 saturated carbocycles. The average molecular weight is 460 g/mol. The average Bonchev–Trinajstić information content (AvgIpc) is 3.27. The number of hydrogen-bond donors (Lipinski definition) is 1. The molecule has 5 rings (SSSR count). The van der Waals surface area contributed by atoms with E-state index in [2.05, 4.69) is 33.4 Å². The lowest BCUT2D eigenvalue weighted by Crippen LogP contribution is -2.41. The summed E-state index contributed by atoms with van der Waals surface area (Å²) in [6.07, 6.45) is 1.61. The van der Waals surface area contributed by atoms with Gasteiger partial charge in [0.1, 0.15) is 5.82 Å². The van der Waals surface area contributed by atoms with Crippen LogP contribution >= 0.6 is 11.6 Å². The predicted molar refractivity (Wildman–Crippen MR) is 131 cm³/mol. The minimum atomic E-state index is 0.0105. The maximum atomic E-state index is 12.7. The number of benzene rings is 2. The maximum Gasteiger partial charge on any atom is 0.223 e. The van der Waals surface area contributed by atoms with E-state index >= 15 is 0 Å². The first-order valence-corrected chi connectivity index (χ1v) is 11.6. The molecule has 1 amide bonds.